The molecule has 2 heterocycles. The molecular formula is C14H28N2O. The van der Waals surface area contributed by atoms with Gasteiger partial charge in [-0.2, -0.15) is 0 Å². The van der Waals surface area contributed by atoms with Crippen LogP contribution >= 0.6 is 0 Å². The summed E-state index contributed by atoms with van der Waals surface area (Å²) in [6, 6.07) is 0. The summed E-state index contributed by atoms with van der Waals surface area (Å²) in [5, 5.41) is 3.46. The molecule has 0 amide bonds. The van der Waals surface area contributed by atoms with Crippen molar-refractivity contribution in [1.29, 1.82) is 0 Å². The molecule has 0 aromatic heterocycles. The number of piperidine rings is 1. The fraction of sp³-hybridized carbons (Fsp3) is 1.00. The second kappa shape index (κ2) is 7.34. The van der Waals surface area contributed by atoms with Crippen LogP contribution in [0.3, 0.4) is 0 Å². The summed E-state index contributed by atoms with van der Waals surface area (Å²) in [4.78, 5) is 2.59. The van der Waals surface area contributed by atoms with Crippen LogP contribution in [0.2, 0.25) is 0 Å². The van der Waals surface area contributed by atoms with Gasteiger partial charge in [-0.15, -0.1) is 0 Å². The molecule has 17 heavy (non-hydrogen) atoms. The van der Waals surface area contributed by atoms with Gasteiger partial charge < -0.3 is 15.0 Å². The van der Waals surface area contributed by atoms with Gasteiger partial charge in [0.2, 0.25) is 0 Å². The standard InChI is InChI=1S/C14H28N2O/c1-2-8-15-11-13-6-7-14(17-13)12-16-9-4-3-5-10-16/h13-15H,2-12H2,1H3. The molecule has 100 valence electrons. The van der Waals surface area contributed by atoms with Gasteiger partial charge in [0, 0.05) is 13.1 Å². The minimum absolute atomic E-state index is 0.469. The fourth-order valence-electron chi connectivity index (χ4n) is 2.93. The molecular weight excluding hydrogens is 212 g/mol. The van der Waals surface area contributed by atoms with Gasteiger partial charge in [0.1, 0.15) is 0 Å². The molecule has 2 aliphatic rings. The highest BCUT2D eigenvalue weighted by atomic mass is 16.5. The number of nitrogens with one attached hydrogen (secondary N) is 1. The molecule has 2 aliphatic heterocycles. The van der Waals surface area contributed by atoms with E-state index in [1.807, 2.05) is 0 Å². The molecule has 2 saturated heterocycles. The summed E-state index contributed by atoms with van der Waals surface area (Å²) in [6.45, 7) is 8.13. The van der Waals surface area contributed by atoms with Crippen LogP contribution in [0.25, 0.3) is 0 Å². The van der Waals surface area contributed by atoms with Crippen LogP contribution < -0.4 is 5.32 Å². The summed E-state index contributed by atoms with van der Waals surface area (Å²) in [6.07, 6.45) is 8.88. The Morgan fingerprint density at radius 1 is 1.12 bits per heavy atom. The molecule has 2 unspecified atom stereocenters. The third-order valence-electron chi connectivity index (χ3n) is 3.90. The zero-order valence-electron chi connectivity index (χ0n) is 11.3. The molecule has 0 spiro atoms. The van der Waals surface area contributed by atoms with Crippen molar-refractivity contribution < 1.29 is 4.74 Å². The first-order valence-corrected chi connectivity index (χ1v) is 7.47. The maximum absolute atomic E-state index is 6.11. The number of hydrogen-bond donors (Lipinski definition) is 1. The molecule has 0 bridgehead atoms. The van der Waals surface area contributed by atoms with E-state index in [-0.39, 0.29) is 0 Å². The van der Waals surface area contributed by atoms with Gasteiger partial charge in [-0.3, -0.25) is 0 Å². The summed E-state index contributed by atoms with van der Waals surface area (Å²) in [5.74, 6) is 0. The molecule has 1 N–H and O–H groups in total. The largest absolute Gasteiger partial charge is 0.372 e. The molecule has 0 saturated carbocycles. The summed E-state index contributed by atoms with van der Waals surface area (Å²) >= 11 is 0. The van der Waals surface area contributed by atoms with E-state index in [1.165, 1.54) is 58.2 Å². The van der Waals surface area contributed by atoms with E-state index < -0.39 is 0 Å². The number of ether oxygens (including phenoxy) is 1. The van der Waals surface area contributed by atoms with Crippen LogP contribution in [0.4, 0.5) is 0 Å². The Kier molecular flexibility index (Phi) is 5.75. The zero-order chi connectivity index (χ0) is 11.9. The normalized spacial score (nSPS) is 30.9. The van der Waals surface area contributed by atoms with Gasteiger partial charge in [0.05, 0.1) is 12.2 Å². The van der Waals surface area contributed by atoms with Crippen LogP contribution in [-0.4, -0.2) is 49.8 Å². The Morgan fingerprint density at radius 2 is 1.88 bits per heavy atom. The van der Waals surface area contributed by atoms with Crippen molar-refractivity contribution in [1.82, 2.24) is 10.2 Å². The number of likely N-dealkylation sites (tertiary alicyclic amines) is 1. The lowest BCUT2D eigenvalue weighted by Crippen LogP contribution is -2.37. The summed E-state index contributed by atoms with van der Waals surface area (Å²) in [7, 11) is 0. The van der Waals surface area contributed by atoms with Gasteiger partial charge in [0.25, 0.3) is 0 Å². The summed E-state index contributed by atoms with van der Waals surface area (Å²) in [5.41, 5.74) is 0. The van der Waals surface area contributed by atoms with Crippen molar-refractivity contribution >= 4 is 0 Å². The number of rotatable bonds is 6. The molecule has 0 aromatic carbocycles. The van der Waals surface area contributed by atoms with E-state index in [9.17, 15) is 0 Å². The highest BCUT2D eigenvalue weighted by Gasteiger charge is 2.26. The van der Waals surface area contributed by atoms with Gasteiger partial charge >= 0.3 is 0 Å². The maximum atomic E-state index is 6.11. The quantitative estimate of drug-likeness (QED) is 0.719. The number of nitrogens with zero attached hydrogens (tertiary/aromatic N) is 1. The van der Waals surface area contributed by atoms with Crippen molar-refractivity contribution in [3.8, 4) is 0 Å². The predicted octanol–water partition coefficient (Wildman–Crippen LogP) is 2.02. The Balaban J connectivity index is 1.60. The average Bonchev–Trinajstić information content (AvgIpc) is 2.79. The lowest BCUT2D eigenvalue weighted by atomic mass is 10.1. The molecule has 2 rings (SSSR count). The lowest BCUT2D eigenvalue weighted by Gasteiger charge is -2.28. The van der Waals surface area contributed by atoms with Crippen LogP contribution in [0.15, 0.2) is 0 Å². The topological polar surface area (TPSA) is 24.5 Å². The van der Waals surface area contributed by atoms with Gasteiger partial charge in [0.15, 0.2) is 0 Å². The SMILES string of the molecule is CCCNCC1CCC(CN2CCCCC2)O1. The van der Waals surface area contributed by atoms with Crippen molar-refractivity contribution in [2.45, 2.75) is 57.7 Å². The minimum Gasteiger partial charge on any atom is -0.372 e. The molecule has 0 aromatic rings. The smallest absolute Gasteiger partial charge is 0.0707 e. The number of hydrogen-bond acceptors (Lipinski definition) is 3. The van der Waals surface area contributed by atoms with E-state index in [4.69, 9.17) is 4.74 Å². The predicted molar refractivity (Wildman–Crippen MR) is 71.3 cm³/mol. The Morgan fingerprint density at radius 3 is 2.65 bits per heavy atom. The first-order chi connectivity index (χ1) is 8.38. The first-order valence-electron chi connectivity index (χ1n) is 7.47. The van der Waals surface area contributed by atoms with Crippen molar-refractivity contribution in [3.63, 3.8) is 0 Å². The van der Waals surface area contributed by atoms with Crippen molar-refractivity contribution in [2.24, 2.45) is 0 Å². The average molecular weight is 240 g/mol. The third-order valence-corrected chi connectivity index (χ3v) is 3.90. The Bertz CT molecular complexity index is 204. The second-order valence-electron chi connectivity index (χ2n) is 5.52. The van der Waals surface area contributed by atoms with Gasteiger partial charge in [-0.1, -0.05) is 13.3 Å². The Hall–Kier alpha value is -0.120. The molecule has 3 heteroatoms. The molecule has 0 aliphatic carbocycles. The van der Waals surface area contributed by atoms with Gasteiger partial charge in [-0.05, 0) is 51.7 Å². The molecule has 3 nitrogen and oxygen atoms in total. The monoisotopic (exact) mass is 240 g/mol. The maximum Gasteiger partial charge on any atom is 0.0707 e. The highest BCUT2D eigenvalue weighted by molar-refractivity contribution is 4.79. The van der Waals surface area contributed by atoms with E-state index >= 15 is 0 Å². The van der Waals surface area contributed by atoms with Crippen molar-refractivity contribution in [3.05, 3.63) is 0 Å². The minimum atomic E-state index is 0.469. The van der Waals surface area contributed by atoms with E-state index in [2.05, 4.69) is 17.1 Å². The van der Waals surface area contributed by atoms with Crippen LogP contribution in [0.1, 0.15) is 45.4 Å². The Labute approximate surface area is 106 Å². The zero-order valence-corrected chi connectivity index (χ0v) is 11.3. The first kappa shape index (κ1) is 13.3. The third kappa shape index (κ3) is 4.57. The molecule has 2 fully saturated rings. The summed E-state index contributed by atoms with van der Waals surface area (Å²) < 4.78 is 6.11. The highest BCUT2D eigenvalue weighted by Crippen LogP contribution is 2.21. The van der Waals surface area contributed by atoms with Crippen LogP contribution in [-0.2, 0) is 4.74 Å². The lowest BCUT2D eigenvalue weighted by molar-refractivity contribution is 0.0200. The van der Waals surface area contributed by atoms with Crippen LogP contribution in [0.5, 0.6) is 0 Å². The van der Waals surface area contributed by atoms with E-state index in [0.717, 1.165) is 13.1 Å². The fourth-order valence-corrected chi connectivity index (χ4v) is 2.93. The van der Waals surface area contributed by atoms with E-state index in [1.54, 1.807) is 0 Å². The van der Waals surface area contributed by atoms with Crippen LogP contribution in [0, 0.1) is 0 Å². The van der Waals surface area contributed by atoms with Crippen molar-refractivity contribution in [2.75, 3.05) is 32.7 Å². The van der Waals surface area contributed by atoms with Gasteiger partial charge in [-0.25, -0.2) is 0 Å². The molecule has 0 radical (unpaired) electrons. The second-order valence-corrected chi connectivity index (χ2v) is 5.52. The molecule has 2 atom stereocenters. The van der Waals surface area contributed by atoms with E-state index in [0.29, 0.717) is 12.2 Å².